The van der Waals surface area contributed by atoms with Crippen LogP contribution in [0.25, 0.3) is 0 Å². The lowest BCUT2D eigenvalue weighted by molar-refractivity contribution is -0.130. The topological polar surface area (TPSA) is 32.3 Å². The summed E-state index contributed by atoms with van der Waals surface area (Å²) in [5, 5.41) is 3.30. The number of carbonyl (C=O) groups excluding carboxylic acids is 1. The molecule has 98 valence electrons. The van der Waals surface area contributed by atoms with Crippen LogP contribution in [0.5, 0.6) is 0 Å². The second kappa shape index (κ2) is 6.50. The first kappa shape index (κ1) is 13.0. The van der Waals surface area contributed by atoms with Gasteiger partial charge in [0, 0.05) is 19.6 Å². The number of benzene rings is 1. The molecule has 0 bridgehead atoms. The normalized spacial score (nSPS) is 17.1. The zero-order chi connectivity index (χ0) is 12.8. The van der Waals surface area contributed by atoms with Gasteiger partial charge >= 0.3 is 0 Å². The van der Waals surface area contributed by atoms with Gasteiger partial charge in [-0.15, -0.1) is 0 Å². The maximum atomic E-state index is 12.8. The monoisotopic (exact) mass is 250 g/mol. The van der Waals surface area contributed by atoms with Gasteiger partial charge in [-0.3, -0.25) is 4.79 Å². The van der Waals surface area contributed by atoms with Gasteiger partial charge in [-0.2, -0.15) is 0 Å². The van der Waals surface area contributed by atoms with Gasteiger partial charge < -0.3 is 10.2 Å². The van der Waals surface area contributed by atoms with E-state index in [4.69, 9.17) is 0 Å². The van der Waals surface area contributed by atoms with Crippen LogP contribution in [-0.2, 0) is 11.2 Å². The summed E-state index contributed by atoms with van der Waals surface area (Å²) in [4.78, 5) is 14.0. The molecule has 1 aliphatic heterocycles. The third kappa shape index (κ3) is 3.81. The van der Waals surface area contributed by atoms with E-state index in [0.717, 1.165) is 44.6 Å². The number of carbonyl (C=O) groups is 1. The standard InChI is InChI=1S/C14H19FN2O/c15-13-5-3-12(4-6-13)11-14(18)17-9-2-1-7-16-8-10-17/h3-6,16H,1-2,7-11H2. The average molecular weight is 250 g/mol. The molecule has 0 spiro atoms. The molecule has 1 aromatic carbocycles. The van der Waals surface area contributed by atoms with E-state index in [-0.39, 0.29) is 11.7 Å². The van der Waals surface area contributed by atoms with E-state index in [1.54, 1.807) is 12.1 Å². The smallest absolute Gasteiger partial charge is 0.227 e. The van der Waals surface area contributed by atoms with Crippen molar-refractivity contribution in [3.63, 3.8) is 0 Å². The van der Waals surface area contributed by atoms with Crippen molar-refractivity contribution in [2.45, 2.75) is 19.3 Å². The highest BCUT2D eigenvalue weighted by molar-refractivity contribution is 5.78. The zero-order valence-electron chi connectivity index (χ0n) is 10.5. The fourth-order valence-electron chi connectivity index (χ4n) is 2.14. The van der Waals surface area contributed by atoms with Crippen LogP contribution in [-0.4, -0.2) is 37.0 Å². The zero-order valence-corrected chi connectivity index (χ0v) is 10.5. The third-order valence-corrected chi connectivity index (χ3v) is 3.21. The van der Waals surface area contributed by atoms with Crippen molar-refractivity contribution in [3.05, 3.63) is 35.6 Å². The van der Waals surface area contributed by atoms with E-state index in [1.165, 1.54) is 12.1 Å². The summed E-state index contributed by atoms with van der Waals surface area (Å²) in [6, 6.07) is 6.15. The number of hydrogen-bond donors (Lipinski definition) is 1. The predicted molar refractivity (Wildman–Crippen MR) is 68.8 cm³/mol. The van der Waals surface area contributed by atoms with Gasteiger partial charge in [0.25, 0.3) is 0 Å². The quantitative estimate of drug-likeness (QED) is 0.864. The first-order valence-corrected chi connectivity index (χ1v) is 6.48. The van der Waals surface area contributed by atoms with Crippen LogP contribution in [0, 0.1) is 5.82 Å². The predicted octanol–water partition coefficient (Wildman–Crippen LogP) is 1.58. The molecule has 0 radical (unpaired) electrons. The molecule has 4 heteroatoms. The van der Waals surface area contributed by atoms with Crippen molar-refractivity contribution < 1.29 is 9.18 Å². The van der Waals surface area contributed by atoms with Crippen LogP contribution < -0.4 is 5.32 Å². The summed E-state index contributed by atoms with van der Waals surface area (Å²) in [6.07, 6.45) is 2.52. The van der Waals surface area contributed by atoms with Crippen LogP contribution in [0.1, 0.15) is 18.4 Å². The molecule has 1 saturated heterocycles. The van der Waals surface area contributed by atoms with E-state index in [9.17, 15) is 9.18 Å². The third-order valence-electron chi connectivity index (χ3n) is 3.21. The Labute approximate surface area is 107 Å². The second-order valence-electron chi connectivity index (χ2n) is 4.64. The van der Waals surface area contributed by atoms with Gasteiger partial charge in [0.2, 0.25) is 5.91 Å². The molecule has 1 aromatic rings. The molecule has 0 aromatic heterocycles. The van der Waals surface area contributed by atoms with E-state index in [0.29, 0.717) is 6.42 Å². The Hall–Kier alpha value is -1.42. The minimum Gasteiger partial charge on any atom is -0.341 e. The van der Waals surface area contributed by atoms with Gasteiger partial charge in [-0.05, 0) is 37.1 Å². The van der Waals surface area contributed by atoms with Crippen LogP contribution >= 0.6 is 0 Å². The van der Waals surface area contributed by atoms with Gasteiger partial charge in [0.05, 0.1) is 6.42 Å². The summed E-state index contributed by atoms with van der Waals surface area (Å²) in [6.45, 7) is 3.50. The summed E-state index contributed by atoms with van der Waals surface area (Å²) < 4.78 is 12.8. The lowest BCUT2D eigenvalue weighted by Gasteiger charge is -2.25. The number of rotatable bonds is 2. The lowest BCUT2D eigenvalue weighted by Crippen LogP contribution is -2.40. The molecule has 0 atom stereocenters. The number of halogens is 1. The Kier molecular flexibility index (Phi) is 4.70. The fraction of sp³-hybridized carbons (Fsp3) is 0.500. The van der Waals surface area contributed by atoms with E-state index in [1.807, 2.05) is 4.90 Å². The molecule has 3 nitrogen and oxygen atoms in total. The van der Waals surface area contributed by atoms with Gasteiger partial charge in [-0.25, -0.2) is 4.39 Å². The maximum absolute atomic E-state index is 12.8. The largest absolute Gasteiger partial charge is 0.341 e. The van der Waals surface area contributed by atoms with E-state index < -0.39 is 0 Å². The van der Waals surface area contributed by atoms with Crippen LogP contribution in [0.15, 0.2) is 24.3 Å². The molecule has 1 heterocycles. The molecule has 2 rings (SSSR count). The van der Waals surface area contributed by atoms with Crippen LogP contribution in [0.4, 0.5) is 4.39 Å². The number of nitrogens with zero attached hydrogens (tertiary/aromatic N) is 1. The lowest BCUT2D eigenvalue weighted by atomic mass is 10.1. The molecule has 1 amide bonds. The van der Waals surface area contributed by atoms with Crippen molar-refractivity contribution in [2.24, 2.45) is 0 Å². The van der Waals surface area contributed by atoms with Crippen molar-refractivity contribution in [1.29, 1.82) is 0 Å². The Morgan fingerprint density at radius 1 is 1.17 bits per heavy atom. The van der Waals surface area contributed by atoms with Crippen molar-refractivity contribution >= 4 is 5.91 Å². The van der Waals surface area contributed by atoms with Crippen molar-refractivity contribution in [2.75, 3.05) is 26.2 Å². The van der Waals surface area contributed by atoms with E-state index in [2.05, 4.69) is 5.32 Å². The highest BCUT2D eigenvalue weighted by atomic mass is 19.1. The SMILES string of the molecule is O=C(Cc1ccc(F)cc1)N1CCCCNCC1. The highest BCUT2D eigenvalue weighted by Crippen LogP contribution is 2.07. The molecule has 0 saturated carbocycles. The molecule has 0 unspecified atom stereocenters. The molecule has 0 aliphatic carbocycles. The minimum absolute atomic E-state index is 0.130. The Bertz CT molecular complexity index is 383. The molecule has 18 heavy (non-hydrogen) atoms. The van der Waals surface area contributed by atoms with Crippen LogP contribution in [0.3, 0.4) is 0 Å². The fourth-order valence-corrected chi connectivity index (χ4v) is 2.14. The first-order chi connectivity index (χ1) is 8.75. The summed E-state index contributed by atoms with van der Waals surface area (Å²) in [5.74, 6) is -0.132. The molecular weight excluding hydrogens is 231 g/mol. The molecule has 1 fully saturated rings. The highest BCUT2D eigenvalue weighted by Gasteiger charge is 2.14. The minimum atomic E-state index is -0.262. The molecule has 1 N–H and O–H groups in total. The summed E-state index contributed by atoms with van der Waals surface area (Å²) in [5.41, 5.74) is 0.872. The number of amides is 1. The maximum Gasteiger partial charge on any atom is 0.227 e. The number of hydrogen-bond acceptors (Lipinski definition) is 2. The molecular formula is C14H19FN2O. The molecule has 1 aliphatic rings. The number of nitrogens with one attached hydrogen (secondary N) is 1. The van der Waals surface area contributed by atoms with Gasteiger partial charge in [0.15, 0.2) is 0 Å². The van der Waals surface area contributed by atoms with Crippen molar-refractivity contribution in [1.82, 2.24) is 10.2 Å². The van der Waals surface area contributed by atoms with Gasteiger partial charge in [-0.1, -0.05) is 12.1 Å². The van der Waals surface area contributed by atoms with Crippen molar-refractivity contribution in [3.8, 4) is 0 Å². The average Bonchev–Trinajstić information content (AvgIpc) is 2.31. The Morgan fingerprint density at radius 3 is 2.72 bits per heavy atom. The van der Waals surface area contributed by atoms with E-state index >= 15 is 0 Å². The first-order valence-electron chi connectivity index (χ1n) is 6.48. The summed E-state index contributed by atoms with van der Waals surface area (Å²) >= 11 is 0. The Morgan fingerprint density at radius 2 is 1.94 bits per heavy atom. The summed E-state index contributed by atoms with van der Waals surface area (Å²) in [7, 11) is 0. The van der Waals surface area contributed by atoms with Gasteiger partial charge in [0.1, 0.15) is 5.82 Å². The van der Waals surface area contributed by atoms with Crippen LogP contribution in [0.2, 0.25) is 0 Å². The second-order valence-corrected chi connectivity index (χ2v) is 4.64. The Balaban J connectivity index is 1.91.